The zero-order valence-corrected chi connectivity index (χ0v) is 21.0. The second-order valence-corrected chi connectivity index (χ2v) is 8.63. The molecule has 1 radical (unpaired) electrons. The third kappa shape index (κ3) is 3.29. The Morgan fingerprint density at radius 1 is 1.24 bits per heavy atom. The van der Waals surface area contributed by atoms with Crippen LogP contribution in [-0.4, -0.2) is 68.4 Å². The molecule has 0 aromatic heterocycles. The van der Waals surface area contributed by atoms with E-state index in [1.54, 1.807) is 14.1 Å². The number of likely N-dealkylation sites (N-methyl/N-ethyl adjacent to an activating group) is 1. The molecular weight excluding hydrogens is 507 g/mol. The maximum absolute atomic E-state index is 13.1. The van der Waals surface area contributed by atoms with Crippen LogP contribution in [0.1, 0.15) is 19.8 Å². The summed E-state index contributed by atoms with van der Waals surface area (Å²) in [5.74, 6) is -6.34. The van der Waals surface area contributed by atoms with Crippen molar-refractivity contribution in [2.24, 2.45) is 11.8 Å². The molecular formula is C22H21N3O7Y. The van der Waals surface area contributed by atoms with Crippen LogP contribution >= 0.6 is 0 Å². The molecule has 11 heteroatoms. The van der Waals surface area contributed by atoms with E-state index in [1.165, 1.54) is 11.0 Å². The van der Waals surface area contributed by atoms with Crippen molar-refractivity contribution in [2.45, 2.75) is 31.4 Å². The smallest absolute Gasteiger partial charge is 0.283 e. The van der Waals surface area contributed by atoms with Gasteiger partial charge in [0.1, 0.15) is 17.1 Å². The third-order valence-corrected chi connectivity index (χ3v) is 6.73. The number of nitrogens with zero attached hydrogens (tertiary/aromatic N) is 3. The molecule has 4 aliphatic carbocycles. The van der Waals surface area contributed by atoms with Crippen LogP contribution in [0, 0.1) is 23.3 Å². The van der Waals surface area contributed by atoms with E-state index in [0.29, 0.717) is 0 Å². The zero-order chi connectivity index (χ0) is 23.7. The molecule has 0 spiro atoms. The first-order chi connectivity index (χ1) is 15.0. The molecule has 4 rings (SSSR count). The van der Waals surface area contributed by atoms with Crippen molar-refractivity contribution >= 4 is 17.3 Å². The Hall–Kier alpha value is -2.45. The van der Waals surface area contributed by atoms with Gasteiger partial charge in [0, 0.05) is 44.2 Å². The Morgan fingerprint density at radius 3 is 2.42 bits per heavy atom. The van der Waals surface area contributed by atoms with Crippen molar-refractivity contribution in [3.63, 3.8) is 0 Å². The second kappa shape index (κ2) is 8.40. The third-order valence-electron chi connectivity index (χ3n) is 6.73. The van der Waals surface area contributed by atoms with Crippen LogP contribution in [0.5, 0.6) is 0 Å². The van der Waals surface area contributed by atoms with E-state index in [9.17, 15) is 40.2 Å². The Bertz CT molecular complexity index is 1200. The fraction of sp³-hybridized carbons (Fsp3) is 0.409. The predicted octanol–water partition coefficient (Wildman–Crippen LogP) is 1.34. The minimum Gasteiger partial charge on any atom is -0.520 e. The SMILES string of the molecule is CC(=O)C1=C(O)[C@@]2(O)C(O)=C3C(O)=C4C(=O)[C-]=CC([N+]#N)=C4CC3CC2[C@H](N(C)C)C1=O.[Y]. The molecule has 169 valence electrons. The van der Waals surface area contributed by atoms with Crippen molar-refractivity contribution in [3.8, 4) is 0 Å². The zero-order valence-electron chi connectivity index (χ0n) is 18.2. The second-order valence-electron chi connectivity index (χ2n) is 8.63. The summed E-state index contributed by atoms with van der Waals surface area (Å²) in [5, 5.41) is 53.7. The maximum Gasteiger partial charge on any atom is 0.283 e. The molecule has 0 saturated heterocycles. The van der Waals surface area contributed by atoms with Gasteiger partial charge in [0.05, 0.1) is 22.6 Å². The van der Waals surface area contributed by atoms with Crippen molar-refractivity contribution in [3.05, 3.63) is 62.4 Å². The molecule has 0 heterocycles. The summed E-state index contributed by atoms with van der Waals surface area (Å²) in [7, 11) is 3.14. The molecule has 4 N–H and O–H groups in total. The van der Waals surface area contributed by atoms with Crippen LogP contribution in [0.25, 0.3) is 4.98 Å². The summed E-state index contributed by atoms with van der Waals surface area (Å²) < 4.78 is 0. The molecule has 10 nitrogen and oxygen atoms in total. The fourth-order valence-corrected chi connectivity index (χ4v) is 5.36. The van der Waals surface area contributed by atoms with Gasteiger partial charge in [-0.25, -0.2) is 0 Å². The molecule has 0 aromatic carbocycles. The molecule has 0 fully saturated rings. The topological polar surface area (TPSA) is 164 Å². The number of Topliss-reactive ketones (excluding diaryl/α,β-unsaturated/α-hetero) is 3. The van der Waals surface area contributed by atoms with Crippen molar-refractivity contribution in [1.82, 2.24) is 4.90 Å². The summed E-state index contributed by atoms with van der Waals surface area (Å²) in [6.45, 7) is 1.07. The number of hydrogen-bond acceptors (Lipinski definition) is 9. The van der Waals surface area contributed by atoms with Crippen LogP contribution in [0.2, 0.25) is 0 Å². The molecule has 0 amide bonds. The van der Waals surface area contributed by atoms with E-state index in [0.717, 1.165) is 6.92 Å². The van der Waals surface area contributed by atoms with E-state index >= 15 is 0 Å². The van der Waals surface area contributed by atoms with Crippen LogP contribution in [0.4, 0.5) is 0 Å². The molecule has 0 bridgehead atoms. The number of aliphatic hydroxyl groups excluding tert-OH is 3. The Balaban J connectivity index is 0.00000306. The van der Waals surface area contributed by atoms with Crippen molar-refractivity contribution in [2.75, 3.05) is 14.1 Å². The minimum absolute atomic E-state index is 0. The van der Waals surface area contributed by atoms with Gasteiger partial charge in [0.15, 0.2) is 17.2 Å². The number of ketones is 3. The number of carbonyl (C=O) groups is 3. The number of hydrogen-bond donors (Lipinski definition) is 4. The fourth-order valence-electron chi connectivity index (χ4n) is 5.36. The quantitative estimate of drug-likeness (QED) is 0.235. The monoisotopic (exact) mass is 528 g/mol. The molecule has 4 aliphatic rings. The van der Waals surface area contributed by atoms with Gasteiger partial charge in [-0.1, -0.05) is 6.08 Å². The Kier molecular flexibility index (Phi) is 6.41. The maximum atomic E-state index is 13.1. The summed E-state index contributed by atoms with van der Waals surface area (Å²) in [6, 6.07) is -1.05. The molecule has 0 aliphatic heterocycles. The summed E-state index contributed by atoms with van der Waals surface area (Å²) in [5.41, 5.74) is -3.27. The minimum atomic E-state index is -2.52. The van der Waals surface area contributed by atoms with Crippen LogP contribution in [0.3, 0.4) is 0 Å². The van der Waals surface area contributed by atoms with Crippen LogP contribution in [0.15, 0.2) is 51.3 Å². The summed E-state index contributed by atoms with van der Waals surface area (Å²) in [4.78, 5) is 42.2. The first-order valence-electron chi connectivity index (χ1n) is 9.94. The van der Waals surface area contributed by atoms with E-state index in [1.807, 2.05) is 0 Å². The van der Waals surface area contributed by atoms with E-state index in [2.05, 4.69) is 11.1 Å². The number of allylic oxidation sites excluding steroid dienone is 5. The molecule has 2 unspecified atom stereocenters. The van der Waals surface area contributed by atoms with E-state index < -0.39 is 63.7 Å². The van der Waals surface area contributed by atoms with Gasteiger partial charge < -0.3 is 25.2 Å². The van der Waals surface area contributed by atoms with Crippen LogP contribution in [-0.2, 0) is 47.1 Å². The van der Waals surface area contributed by atoms with Crippen molar-refractivity contribution < 1.29 is 67.5 Å². The Morgan fingerprint density at radius 2 is 1.88 bits per heavy atom. The average Bonchev–Trinajstić information content (AvgIpc) is 2.70. The van der Waals surface area contributed by atoms with Gasteiger partial charge in [-0.15, -0.1) is 6.08 Å². The molecule has 4 atom stereocenters. The van der Waals surface area contributed by atoms with E-state index in [4.69, 9.17) is 0 Å². The van der Waals surface area contributed by atoms with Gasteiger partial charge >= 0.3 is 0 Å². The summed E-state index contributed by atoms with van der Waals surface area (Å²) >= 11 is 0. The van der Waals surface area contributed by atoms with Gasteiger partial charge in [-0.3, -0.25) is 14.5 Å². The molecule has 33 heavy (non-hydrogen) atoms. The van der Waals surface area contributed by atoms with E-state index in [-0.39, 0.29) is 68.0 Å². The number of diazo groups is 1. The number of aliphatic hydroxyl groups is 4. The Labute approximate surface area is 214 Å². The number of carbonyl (C=O) groups excluding carboxylic acids is 3. The normalized spacial score (nSPS) is 31.2. The van der Waals surface area contributed by atoms with Gasteiger partial charge in [-0.05, 0) is 50.9 Å². The first kappa shape index (κ1) is 25.2. The summed E-state index contributed by atoms with van der Waals surface area (Å²) in [6.07, 6.45) is 3.59. The molecule has 0 saturated carbocycles. The molecule has 0 aromatic rings. The van der Waals surface area contributed by atoms with Crippen LogP contribution < -0.4 is 0 Å². The van der Waals surface area contributed by atoms with Gasteiger partial charge in [0.25, 0.3) is 5.70 Å². The predicted molar refractivity (Wildman–Crippen MR) is 108 cm³/mol. The average molecular weight is 528 g/mol. The standard InChI is InChI=1S/C22H21N3O7.Y/c1-8(26)14-19(29)17(25(2)3)11-7-9-6-10-12(24-23)4-5-13(27)16(10)18(28)15(9)21(31)22(11,32)20(14)30;/h4,9,11,17,28,30-32H,6-7H2,1-3H3;/t9?,11?,17-,22+;/m0./s1. The first-order valence-corrected chi connectivity index (χ1v) is 9.94. The van der Waals surface area contributed by atoms with Gasteiger partial charge in [0.2, 0.25) is 5.39 Å². The number of fused-ring (bicyclic) bond motifs is 3. The van der Waals surface area contributed by atoms with Gasteiger partial charge in [-0.2, -0.15) is 0 Å². The number of rotatable bonds is 2. The largest absolute Gasteiger partial charge is 0.520 e. The van der Waals surface area contributed by atoms with Crippen molar-refractivity contribution in [1.29, 1.82) is 5.39 Å².